The molecule has 1 heterocycles. The second kappa shape index (κ2) is 8.05. The number of nitrogens with zero attached hydrogens (tertiary/aromatic N) is 3. The van der Waals surface area contributed by atoms with Gasteiger partial charge in [0.2, 0.25) is 5.91 Å². The van der Waals surface area contributed by atoms with E-state index >= 15 is 0 Å². The van der Waals surface area contributed by atoms with E-state index in [1.54, 1.807) is 12.1 Å². The topological polar surface area (TPSA) is 115 Å². The molecule has 29 heavy (non-hydrogen) atoms. The molecule has 0 unspecified atom stereocenters. The molecule has 3 rings (SSSR count). The molecule has 0 aliphatic heterocycles. The van der Waals surface area contributed by atoms with Gasteiger partial charge in [0.05, 0.1) is 5.69 Å². The Kier molecular flexibility index (Phi) is 5.53. The number of nitrogens with two attached hydrogens (primary N) is 1. The van der Waals surface area contributed by atoms with Crippen LogP contribution < -0.4 is 16.4 Å². The van der Waals surface area contributed by atoms with Crippen LogP contribution in [-0.2, 0) is 11.3 Å². The number of carbonyl (C=O) groups excluding carboxylic acids is 2. The highest BCUT2D eigenvalue weighted by molar-refractivity contribution is 6.05. The van der Waals surface area contributed by atoms with Crippen molar-refractivity contribution in [1.29, 1.82) is 0 Å². The van der Waals surface area contributed by atoms with Gasteiger partial charge in [0.1, 0.15) is 18.2 Å². The lowest BCUT2D eigenvalue weighted by atomic mass is 10.1. The Balaban J connectivity index is 1.68. The molecule has 0 aliphatic carbocycles. The van der Waals surface area contributed by atoms with Crippen molar-refractivity contribution in [1.82, 2.24) is 15.0 Å². The molecule has 0 spiro atoms. The third-order valence-electron chi connectivity index (χ3n) is 4.25. The molecular formula is C19H18F2N6O2. The fourth-order valence-electron chi connectivity index (χ4n) is 2.52. The summed E-state index contributed by atoms with van der Waals surface area (Å²) in [4.78, 5) is 24.5. The van der Waals surface area contributed by atoms with Gasteiger partial charge in [-0.05, 0) is 49.2 Å². The highest BCUT2D eigenvalue weighted by Gasteiger charge is 2.19. The molecule has 0 radical (unpaired) electrons. The first kappa shape index (κ1) is 19.9. The lowest BCUT2D eigenvalue weighted by Gasteiger charge is -2.08. The monoisotopic (exact) mass is 400 g/mol. The van der Waals surface area contributed by atoms with Crippen molar-refractivity contribution in [3.63, 3.8) is 0 Å². The summed E-state index contributed by atoms with van der Waals surface area (Å²) in [5, 5.41) is 12.4. The molecule has 2 aromatic carbocycles. The van der Waals surface area contributed by atoms with E-state index in [1.165, 1.54) is 0 Å². The van der Waals surface area contributed by atoms with Gasteiger partial charge in [0, 0.05) is 11.8 Å². The number of anilines is 3. The number of rotatable bonds is 5. The number of carbonyl (C=O) groups is 2. The van der Waals surface area contributed by atoms with Crippen molar-refractivity contribution in [3.8, 4) is 0 Å². The Morgan fingerprint density at radius 1 is 1.07 bits per heavy atom. The maximum Gasteiger partial charge on any atom is 0.280 e. The smallest absolute Gasteiger partial charge is 0.280 e. The first-order valence-corrected chi connectivity index (χ1v) is 8.57. The molecule has 150 valence electrons. The normalized spacial score (nSPS) is 10.6. The van der Waals surface area contributed by atoms with Crippen LogP contribution in [0.25, 0.3) is 0 Å². The van der Waals surface area contributed by atoms with Gasteiger partial charge in [-0.25, -0.2) is 13.5 Å². The predicted octanol–water partition coefficient (Wildman–Crippen LogP) is 2.65. The Labute approximate surface area is 164 Å². The van der Waals surface area contributed by atoms with Crippen LogP contribution in [0.1, 0.15) is 21.6 Å². The maximum atomic E-state index is 13.6. The molecule has 0 saturated carbocycles. The number of benzene rings is 2. The van der Waals surface area contributed by atoms with Crippen LogP contribution in [0.5, 0.6) is 0 Å². The Morgan fingerprint density at radius 2 is 1.83 bits per heavy atom. The van der Waals surface area contributed by atoms with Crippen molar-refractivity contribution < 1.29 is 18.4 Å². The molecule has 10 heteroatoms. The van der Waals surface area contributed by atoms with Gasteiger partial charge in [0.15, 0.2) is 11.5 Å². The SMILES string of the molecule is Cc1ccc(NC(=O)c2nnn(CC(=O)Nc3ccc(F)cc3F)c2N)cc1C. The van der Waals surface area contributed by atoms with Crippen LogP contribution in [-0.4, -0.2) is 26.8 Å². The van der Waals surface area contributed by atoms with Crippen LogP contribution in [0.2, 0.25) is 0 Å². The lowest BCUT2D eigenvalue weighted by molar-refractivity contribution is -0.116. The number of aromatic nitrogens is 3. The number of hydrogen-bond acceptors (Lipinski definition) is 5. The largest absolute Gasteiger partial charge is 0.382 e. The molecule has 8 nitrogen and oxygen atoms in total. The molecule has 0 fully saturated rings. The van der Waals surface area contributed by atoms with Crippen LogP contribution in [0.3, 0.4) is 0 Å². The summed E-state index contributed by atoms with van der Waals surface area (Å²) in [5.41, 5.74) is 8.19. The highest BCUT2D eigenvalue weighted by Crippen LogP contribution is 2.17. The van der Waals surface area contributed by atoms with Crippen molar-refractivity contribution in [2.75, 3.05) is 16.4 Å². The zero-order valence-electron chi connectivity index (χ0n) is 15.7. The zero-order chi connectivity index (χ0) is 21.1. The summed E-state index contributed by atoms with van der Waals surface area (Å²) < 4.78 is 27.6. The first-order chi connectivity index (χ1) is 13.7. The average molecular weight is 400 g/mol. The molecule has 3 aromatic rings. The fourth-order valence-corrected chi connectivity index (χ4v) is 2.52. The van der Waals surface area contributed by atoms with E-state index < -0.39 is 30.0 Å². The minimum absolute atomic E-state index is 0.124. The summed E-state index contributed by atoms with van der Waals surface area (Å²) in [6, 6.07) is 8.16. The zero-order valence-corrected chi connectivity index (χ0v) is 15.7. The average Bonchev–Trinajstić information content (AvgIpc) is 3.01. The molecule has 0 atom stereocenters. The second-order valence-electron chi connectivity index (χ2n) is 6.41. The number of nitrogens with one attached hydrogen (secondary N) is 2. The molecule has 1 aromatic heterocycles. The molecular weight excluding hydrogens is 382 g/mol. The van der Waals surface area contributed by atoms with Gasteiger partial charge < -0.3 is 16.4 Å². The van der Waals surface area contributed by atoms with Crippen LogP contribution >= 0.6 is 0 Å². The second-order valence-corrected chi connectivity index (χ2v) is 6.41. The molecule has 0 bridgehead atoms. The Hall–Kier alpha value is -3.82. The quantitative estimate of drug-likeness (QED) is 0.609. The van der Waals surface area contributed by atoms with E-state index in [0.29, 0.717) is 11.8 Å². The summed E-state index contributed by atoms with van der Waals surface area (Å²) in [6.07, 6.45) is 0. The molecule has 0 aliphatic rings. The fraction of sp³-hybridized carbons (Fsp3) is 0.158. The Morgan fingerprint density at radius 3 is 2.52 bits per heavy atom. The molecule has 0 saturated heterocycles. The van der Waals surface area contributed by atoms with Crippen LogP contribution in [0.15, 0.2) is 36.4 Å². The van der Waals surface area contributed by atoms with Crippen LogP contribution in [0, 0.1) is 25.5 Å². The number of hydrogen-bond donors (Lipinski definition) is 3. The third kappa shape index (κ3) is 4.54. The number of nitrogen functional groups attached to an aromatic ring is 1. The molecule has 4 N–H and O–H groups in total. The first-order valence-electron chi connectivity index (χ1n) is 8.57. The van der Waals surface area contributed by atoms with Gasteiger partial charge in [0.25, 0.3) is 5.91 Å². The van der Waals surface area contributed by atoms with E-state index in [9.17, 15) is 18.4 Å². The van der Waals surface area contributed by atoms with Crippen LogP contribution in [0.4, 0.5) is 26.0 Å². The molecule has 2 amide bonds. The highest BCUT2D eigenvalue weighted by atomic mass is 19.1. The number of aryl methyl sites for hydroxylation is 2. The Bertz CT molecular complexity index is 1100. The minimum Gasteiger partial charge on any atom is -0.382 e. The minimum atomic E-state index is -0.918. The van der Waals surface area contributed by atoms with Crippen molar-refractivity contribution in [2.24, 2.45) is 0 Å². The van der Waals surface area contributed by atoms with Gasteiger partial charge in [-0.1, -0.05) is 11.3 Å². The van der Waals surface area contributed by atoms with E-state index in [0.717, 1.165) is 27.9 Å². The number of amides is 2. The van der Waals surface area contributed by atoms with Crippen molar-refractivity contribution >= 4 is 29.0 Å². The van der Waals surface area contributed by atoms with Crippen molar-refractivity contribution in [3.05, 3.63) is 64.9 Å². The number of halogens is 2. The van der Waals surface area contributed by atoms with Gasteiger partial charge in [-0.2, -0.15) is 0 Å². The van der Waals surface area contributed by atoms with E-state index in [1.807, 2.05) is 19.9 Å². The standard InChI is InChI=1S/C19H18F2N6O2/c1-10-3-5-13(7-11(10)2)23-19(29)17-18(22)27(26-25-17)9-16(28)24-15-6-4-12(20)8-14(15)21/h3-8H,9,22H2,1-2H3,(H,23,29)(H,24,28). The van der Waals surface area contributed by atoms with E-state index in [2.05, 4.69) is 20.9 Å². The van der Waals surface area contributed by atoms with Gasteiger partial charge in [-0.15, -0.1) is 5.10 Å². The van der Waals surface area contributed by atoms with E-state index in [-0.39, 0.29) is 17.2 Å². The van der Waals surface area contributed by atoms with Gasteiger partial charge >= 0.3 is 0 Å². The van der Waals surface area contributed by atoms with E-state index in [4.69, 9.17) is 5.73 Å². The maximum absolute atomic E-state index is 13.6. The summed E-state index contributed by atoms with van der Waals surface area (Å²) in [5.74, 6) is -3.06. The predicted molar refractivity (Wildman–Crippen MR) is 103 cm³/mol. The lowest BCUT2D eigenvalue weighted by Crippen LogP contribution is -2.22. The third-order valence-corrected chi connectivity index (χ3v) is 4.25. The van der Waals surface area contributed by atoms with Crippen molar-refractivity contribution in [2.45, 2.75) is 20.4 Å². The summed E-state index contributed by atoms with van der Waals surface area (Å²) in [6.45, 7) is 3.46. The summed E-state index contributed by atoms with van der Waals surface area (Å²) >= 11 is 0. The van der Waals surface area contributed by atoms with Gasteiger partial charge in [-0.3, -0.25) is 9.59 Å². The summed E-state index contributed by atoms with van der Waals surface area (Å²) in [7, 11) is 0.